The van der Waals surface area contributed by atoms with Gasteiger partial charge in [-0.2, -0.15) is 0 Å². The molecule has 28 heavy (non-hydrogen) atoms. The quantitative estimate of drug-likeness (QED) is 0.519. The predicted octanol–water partition coefficient (Wildman–Crippen LogP) is 4.13. The van der Waals surface area contributed by atoms with Crippen LogP contribution in [0.15, 0.2) is 53.4 Å². The minimum Gasteiger partial charge on any atom is -0.488 e. The summed E-state index contributed by atoms with van der Waals surface area (Å²) in [6, 6.07) is 14.5. The van der Waals surface area contributed by atoms with Crippen molar-refractivity contribution in [2.75, 3.05) is 13.7 Å². The Kier molecular flexibility index (Phi) is 6.38. The average Bonchev–Trinajstić information content (AvgIpc) is 2.95. The third-order valence-electron chi connectivity index (χ3n) is 3.90. The van der Waals surface area contributed by atoms with Crippen molar-refractivity contribution in [3.63, 3.8) is 0 Å². The summed E-state index contributed by atoms with van der Waals surface area (Å²) in [5.74, 6) is -0.625. The number of imide groups is 1. The van der Waals surface area contributed by atoms with E-state index in [0.29, 0.717) is 22.9 Å². The standard InChI is InChI=1S/C20H16ClNO5S/c1-26-18(23)11-22-19(24)17(28-20(22)25)10-14-4-2-3-5-16(14)27-12-13-6-8-15(21)9-7-13/h2-10H,11-12H2,1H3/b17-10+. The molecule has 0 spiro atoms. The summed E-state index contributed by atoms with van der Waals surface area (Å²) < 4.78 is 10.4. The van der Waals surface area contributed by atoms with Crippen LogP contribution >= 0.6 is 23.4 Å². The average molecular weight is 418 g/mol. The van der Waals surface area contributed by atoms with Crippen LogP contribution < -0.4 is 4.74 Å². The number of thioether (sulfide) groups is 1. The lowest BCUT2D eigenvalue weighted by Crippen LogP contribution is -2.34. The lowest BCUT2D eigenvalue weighted by atomic mass is 10.1. The molecule has 0 radical (unpaired) electrons. The third-order valence-corrected chi connectivity index (χ3v) is 5.06. The van der Waals surface area contributed by atoms with Crippen LogP contribution in [0.25, 0.3) is 6.08 Å². The van der Waals surface area contributed by atoms with Gasteiger partial charge < -0.3 is 9.47 Å². The molecule has 8 heteroatoms. The van der Waals surface area contributed by atoms with Crippen molar-refractivity contribution in [1.82, 2.24) is 4.90 Å². The van der Waals surface area contributed by atoms with Gasteiger partial charge in [0.2, 0.25) is 0 Å². The minimum absolute atomic E-state index is 0.219. The molecular weight excluding hydrogens is 402 g/mol. The molecule has 2 aromatic carbocycles. The summed E-state index contributed by atoms with van der Waals surface area (Å²) in [4.78, 5) is 37.0. The van der Waals surface area contributed by atoms with Gasteiger partial charge in [-0.05, 0) is 41.6 Å². The van der Waals surface area contributed by atoms with E-state index in [2.05, 4.69) is 4.74 Å². The highest BCUT2D eigenvalue weighted by molar-refractivity contribution is 8.18. The Morgan fingerprint density at radius 1 is 1.14 bits per heavy atom. The van der Waals surface area contributed by atoms with Gasteiger partial charge in [-0.15, -0.1) is 0 Å². The van der Waals surface area contributed by atoms with Crippen LogP contribution in [0, 0.1) is 0 Å². The third kappa shape index (κ3) is 4.74. The number of halogens is 1. The maximum absolute atomic E-state index is 12.4. The molecule has 1 aliphatic heterocycles. The van der Waals surface area contributed by atoms with E-state index in [1.165, 1.54) is 7.11 Å². The van der Waals surface area contributed by atoms with E-state index in [1.807, 2.05) is 18.2 Å². The Morgan fingerprint density at radius 3 is 2.57 bits per heavy atom. The van der Waals surface area contributed by atoms with E-state index >= 15 is 0 Å². The highest BCUT2D eigenvalue weighted by Gasteiger charge is 2.36. The number of methoxy groups -OCH3 is 1. The number of nitrogens with zero attached hydrogens (tertiary/aromatic N) is 1. The van der Waals surface area contributed by atoms with Crippen molar-refractivity contribution in [3.05, 3.63) is 69.6 Å². The van der Waals surface area contributed by atoms with E-state index in [1.54, 1.807) is 36.4 Å². The van der Waals surface area contributed by atoms with Crippen LogP contribution in [-0.4, -0.2) is 35.7 Å². The van der Waals surface area contributed by atoms with E-state index in [9.17, 15) is 14.4 Å². The van der Waals surface area contributed by atoms with Crippen molar-refractivity contribution in [2.45, 2.75) is 6.61 Å². The van der Waals surface area contributed by atoms with Crippen molar-refractivity contribution in [3.8, 4) is 5.75 Å². The molecule has 0 unspecified atom stereocenters. The zero-order valence-electron chi connectivity index (χ0n) is 14.9. The normalized spacial score (nSPS) is 15.2. The lowest BCUT2D eigenvalue weighted by Gasteiger charge is -2.11. The first-order chi connectivity index (χ1) is 13.5. The highest BCUT2D eigenvalue weighted by Crippen LogP contribution is 2.34. The number of ether oxygens (including phenoxy) is 2. The Morgan fingerprint density at radius 2 is 1.86 bits per heavy atom. The summed E-state index contributed by atoms with van der Waals surface area (Å²) in [6.45, 7) is -0.0843. The summed E-state index contributed by atoms with van der Waals surface area (Å²) in [5, 5.41) is 0.132. The fraction of sp³-hybridized carbons (Fsp3) is 0.150. The Hall–Kier alpha value is -2.77. The maximum Gasteiger partial charge on any atom is 0.325 e. The summed E-state index contributed by atoms with van der Waals surface area (Å²) in [6.07, 6.45) is 1.58. The van der Waals surface area contributed by atoms with Gasteiger partial charge in [0.15, 0.2) is 0 Å². The molecule has 144 valence electrons. The highest BCUT2D eigenvalue weighted by atomic mass is 35.5. The molecule has 1 aliphatic rings. The van der Waals surface area contributed by atoms with Crippen LogP contribution in [0.4, 0.5) is 4.79 Å². The molecule has 1 heterocycles. The lowest BCUT2D eigenvalue weighted by molar-refractivity contribution is -0.143. The number of carbonyl (C=O) groups excluding carboxylic acids is 3. The molecule has 1 fully saturated rings. The van der Waals surface area contributed by atoms with Crippen LogP contribution in [0.3, 0.4) is 0 Å². The summed E-state index contributed by atoms with van der Waals surface area (Å²) in [5.41, 5.74) is 1.60. The van der Waals surface area contributed by atoms with Gasteiger partial charge in [-0.3, -0.25) is 19.3 Å². The Balaban J connectivity index is 1.77. The van der Waals surface area contributed by atoms with Gasteiger partial charge in [-0.1, -0.05) is 41.9 Å². The van der Waals surface area contributed by atoms with E-state index in [4.69, 9.17) is 16.3 Å². The number of para-hydroxylation sites is 1. The van der Waals surface area contributed by atoms with Gasteiger partial charge in [-0.25, -0.2) is 0 Å². The van der Waals surface area contributed by atoms with Crippen LogP contribution in [-0.2, 0) is 20.9 Å². The molecule has 0 saturated carbocycles. The van der Waals surface area contributed by atoms with Crippen molar-refractivity contribution in [2.24, 2.45) is 0 Å². The Bertz CT molecular complexity index is 942. The number of benzene rings is 2. The molecule has 2 amide bonds. The van der Waals surface area contributed by atoms with Crippen molar-refractivity contribution < 1.29 is 23.9 Å². The molecule has 6 nitrogen and oxygen atoms in total. The number of rotatable bonds is 6. The maximum atomic E-state index is 12.4. The van der Waals surface area contributed by atoms with Crippen LogP contribution in [0.5, 0.6) is 5.75 Å². The SMILES string of the molecule is COC(=O)CN1C(=O)S/C(=C/c2ccccc2OCc2ccc(Cl)cc2)C1=O. The number of hydrogen-bond donors (Lipinski definition) is 0. The summed E-state index contributed by atoms with van der Waals surface area (Å²) in [7, 11) is 1.20. The second kappa shape index (κ2) is 8.95. The van der Waals surface area contributed by atoms with E-state index in [0.717, 1.165) is 22.2 Å². The second-order valence-corrected chi connectivity index (χ2v) is 7.23. The monoisotopic (exact) mass is 417 g/mol. The zero-order chi connectivity index (χ0) is 20.1. The molecule has 0 atom stereocenters. The predicted molar refractivity (Wildman–Crippen MR) is 107 cm³/mol. The van der Waals surface area contributed by atoms with Crippen molar-refractivity contribution >= 4 is 46.6 Å². The molecular formula is C20H16ClNO5S. The minimum atomic E-state index is -0.657. The second-order valence-electron chi connectivity index (χ2n) is 5.80. The number of esters is 1. The van der Waals surface area contributed by atoms with Gasteiger partial charge in [0.25, 0.3) is 11.1 Å². The smallest absolute Gasteiger partial charge is 0.325 e. The van der Waals surface area contributed by atoms with Crippen LogP contribution in [0.2, 0.25) is 5.02 Å². The number of amides is 2. The summed E-state index contributed by atoms with van der Waals surface area (Å²) >= 11 is 6.66. The zero-order valence-corrected chi connectivity index (χ0v) is 16.5. The van der Waals surface area contributed by atoms with Crippen LogP contribution in [0.1, 0.15) is 11.1 Å². The number of carbonyl (C=O) groups is 3. The topological polar surface area (TPSA) is 72.9 Å². The van der Waals surface area contributed by atoms with Crippen molar-refractivity contribution in [1.29, 1.82) is 0 Å². The molecule has 0 bridgehead atoms. The first-order valence-corrected chi connectivity index (χ1v) is 9.46. The largest absolute Gasteiger partial charge is 0.488 e. The first kappa shape index (κ1) is 20.0. The fourth-order valence-corrected chi connectivity index (χ4v) is 3.40. The molecule has 3 rings (SSSR count). The molecule has 0 aromatic heterocycles. The van der Waals surface area contributed by atoms with Gasteiger partial charge in [0.05, 0.1) is 12.0 Å². The van der Waals surface area contributed by atoms with E-state index in [-0.39, 0.29) is 4.91 Å². The Labute approximate surface area is 171 Å². The molecule has 2 aromatic rings. The number of hydrogen-bond acceptors (Lipinski definition) is 6. The van der Waals surface area contributed by atoms with Gasteiger partial charge >= 0.3 is 5.97 Å². The molecule has 0 N–H and O–H groups in total. The van der Waals surface area contributed by atoms with Gasteiger partial charge in [0.1, 0.15) is 18.9 Å². The fourth-order valence-electron chi connectivity index (χ4n) is 2.44. The molecule has 1 saturated heterocycles. The van der Waals surface area contributed by atoms with E-state index < -0.39 is 23.7 Å². The first-order valence-electron chi connectivity index (χ1n) is 8.26. The van der Waals surface area contributed by atoms with Gasteiger partial charge in [0, 0.05) is 10.6 Å². The molecule has 0 aliphatic carbocycles.